The molecule has 47 heavy (non-hydrogen) atoms. The topological polar surface area (TPSA) is 128 Å². The summed E-state index contributed by atoms with van der Waals surface area (Å²) in [4.78, 5) is 51.1. The summed E-state index contributed by atoms with van der Waals surface area (Å²) < 4.78 is 18.5. The van der Waals surface area contributed by atoms with Crippen LogP contribution < -0.4 is 0 Å². The van der Waals surface area contributed by atoms with Crippen molar-refractivity contribution in [3.05, 3.63) is 58.7 Å². The van der Waals surface area contributed by atoms with Gasteiger partial charge in [-0.3, -0.25) is 9.69 Å². The minimum absolute atomic E-state index is 0.229. The highest BCUT2D eigenvalue weighted by atomic mass is 16.6. The average molecular weight is 646 g/mol. The van der Waals surface area contributed by atoms with E-state index in [1.165, 1.54) is 24.6 Å². The normalized spacial score (nSPS) is 17.2. The predicted octanol–water partition coefficient (Wildman–Crippen LogP) is 6.00. The molecule has 0 aliphatic carbocycles. The zero-order chi connectivity index (χ0) is 34.5. The van der Waals surface area contributed by atoms with Crippen LogP contribution in [0.25, 0.3) is 27.0 Å². The van der Waals surface area contributed by atoms with Crippen molar-refractivity contribution in [2.75, 3.05) is 26.3 Å². The van der Waals surface area contributed by atoms with Crippen LogP contribution in [0.1, 0.15) is 78.1 Å². The first-order valence-corrected chi connectivity index (χ1v) is 15.7. The Bertz CT molecular complexity index is 1770. The van der Waals surface area contributed by atoms with E-state index in [0.717, 1.165) is 22.3 Å². The molecule has 1 N–H and O–H groups in total. The van der Waals surface area contributed by atoms with Crippen LogP contribution in [0.4, 0.5) is 15.3 Å². The zero-order valence-electron chi connectivity index (χ0n) is 28.3. The van der Waals surface area contributed by atoms with Crippen molar-refractivity contribution in [2.45, 2.75) is 91.2 Å². The molecule has 1 atom stereocenters. The van der Waals surface area contributed by atoms with E-state index < -0.39 is 35.0 Å². The summed E-state index contributed by atoms with van der Waals surface area (Å²) in [5.74, 6) is -0.377. The maximum Gasteiger partial charge on any atom is 0.418 e. The lowest BCUT2D eigenvalue weighted by Crippen LogP contribution is -2.48. The Morgan fingerprint density at radius 1 is 0.979 bits per heavy atom. The molecular weight excluding hydrogens is 602 g/mol. The summed E-state index contributed by atoms with van der Waals surface area (Å²) in [7, 11) is 0. The maximum absolute atomic E-state index is 13.5. The summed E-state index contributed by atoms with van der Waals surface area (Å²) in [6.45, 7) is 23.1. The van der Waals surface area contributed by atoms with Gasteiger partial charge in [0.25, 0.3) is 5.91 Å². The van der Waals surface area contributed by atoms with Crippen LogP contribution in [0.3, 0.4) is 0 Å². The Kier molecular flexibility index (Phi) is 8.85. The van der Waals surface area contributed by atoms with Gasteiger partial charge in [0, 0.05) is 37.4 Å². The fourth-order valence-electron chi connectivity index (χ4n) is 5.91. The third-order valence-corrected chi connectivity index (χ3v) is 7.97. The van der Waals surface area contributed by atoms with E-state index in [2.05, 4.69) is 9.83 Å². The molecule has 1 fully saturated rings. The minimum atomic E-state index is -1.54. The van der Waals surface area contributed by atoms with Gasteiger partial charge in [-0.15, -0.1) is 0 Å². The monoisotopic (exact) mass is 645 g/mol. The van der Waals surface area contributed by atoms with Crippen molar-refractivity contribution in [1.29, 1.82) is 0 Å². The summed E-state index contributed by atoms with van der Waals surface area (Å²) >= 11 is 0. The molecular formula is C35H43N5O7. The van der Waals surface area contributed by atoms with E-state index >= 15 is 0 Å². The minimum Gasteiger partial charge on any atom is -0.444 e. The van der Waals surface area contributed by atoms with Crippen LogP contribution >= 0.6 is 0 Å². The van der Waals surface area contributed by atoms with Gasteiger partial charge in [0.1, 0.15) is 22.5 Å². The Labute approximate surface area is 275 Å². The fraction of sp³-hybridized carbons (Fsp3) is 0.514. The van der Waals surface area contributed by atoms with Gasteiger partial charge in [-0.2, -0.15) is 0 Å². The van der Waals surface area contributed by atoms with Gasteiger partial charge < -0.3 is 24.2 Å². The van der Waals surface area contributed by atoms with Crippen LogP contribution in [0, 0.1) is 6.57 Å². The van der Waals surface area contributed by atoms with Gasteiger partial charge in [0.05, 0.1) is 25.8 Å². The molecule has 3 aromatic rings. The smallest absolute Gasteiger partial charge is 0.418 e. The lowest BCUT2D eigenvalue weighted by atomic mass is 9.86. The number of hydrogen-bond acceptors (Lipinski definition) is 8. The van der Waals surface area contributed by atoms with Crippen LogP contribution in [0.5, 0.6) is 0 Å². The first kappa shape index (κ1) is 33.9. The second-order valence-corrected chi connectivity index (χ2v) is 14.6. The number of morpholine rings is 1. The molecule has 0 radical (unpaired) electrons. The zero-order valence-corrected chi connectivity index (χ0v) is 28.3. The SMILES string of the molecule is [C-]#[N+]c1cn(C(=O)OC(C)(C)C)c2ncc(-c3cc4c(c([C@@H]5COCCN5C(=O)OC(C)(C)C)c3)CN(C(=O)C(C)(C)O)CC4)cc12. The molecule has 2 aliphatic heterocycles. The van der Waals surface area contributed by atoms with Gasteiger partial charge in [-0.25, -0.2) is 24.0 Å². The number of benzene rings is 1. The van der Waals surface area contributed by atoms with E-state index in [9.17, 15) is 19.5 Å². The van der Waals surface area contributed by atoms with Gasteiger partial charge in [-0.1, -0.05) is 12.1 Å². The van der Waals surface area contributed by atoms with Crippen molar-refractivity contribution in [3.8, 4) is 11.1 Å². The van der Waals surface area contributed by atoms with E-state index in [0.29, 0.717) is 42.7 Å². The lowest BCUT2D eigenvalue weighted by molar-refractivity contribution is -0.148. The Morgan fingerprint density at radius 2 is 1.66 bits per heavy atom. The van der Waals surface area contributed by atoms with E-state index in [1.807, 2.05) is 39.0 Å². The molecule has 0 saturated carbocycles. The van der Waals surface area contributed by atoms with E-state index in [1.54, 1.807) is 36.8 Å². The molecule has 2 aromatic heterocycles. The Balaban J connectivity index is 1.63. The number of fused-ring (bicyclic) bond motifs is 2. The molecule has 12 heteroatoms. The van der Waals surface area contributed by atoms with Crippen LogP contribution in [0.2, 0.25) is 0 Å². The number of amides is 2. The lowest BCUT2D eigenvalue weighted by Gasteiger charge is -2.40. The van der Waals surface area contributed by atoms with E-state index in [4.69, 9.17) is 20.8 Å². The highest BCUT2D eigenvalue weighted by Gasteiger charge is 2.37. The van der Waals surface area contributed by atoms with Crippen LogP contribution in [-0.4, -0.2) is 85.7 Å². The second kappa shape index (κ2) is 12.3. The fourth-order valence-corrected chi connectivity index (χ4v) is 5.91. The molecule has 12 nitrogen and oxygen atoms in total. The van der Waals surface area contributed by atoms with Gasteiger partial charge >= 0.3 is 12.2 Å². The van der Waals surface area contributed by atoms with Crippen LogP contribution in [0.15, 0.2) is 30.6 Å². The largest absolute Gasteiger partial charge is 0.444 e. The van der Waals surface area contributed by atoms with Crippen molar-refractivity contribution in [2.24, 2.45) is 0 Å². The third kappa shape index (κ3) is 7.26. The van der Waals surface area contributed by atoms with Gasteiger partial charge in [-0.05, 0) is 95.7 Å². The Hall–Kier alpha value is -4.47. The summed E-state index contributed by atoms with van der Waals surface area (Å²) in [6, 6.07) is 5.34. The molecule has 0 bridgehead atoms. The van der Waals surface area contributed by atoms with Crippen molar-refractivity contribution < 1.29 is 33.7 Å². The van der Waals surface area contributed by atoms with Crippen molar-refractivity contribution in [1.82, 2.24) is 19.4 Å². The number of carbonyl (C=O) groups is 3. The van der Waals surface area contributed by atoms with Crippen molar-refractivity contribution in [3.63, 3.8) is 0 Å². The molecule has 4 heterocycles. The average Bonchev–Trinajstić information content (AvgIpc) is 3.36. The first-order chi connectivity index (χ1) is 21.9. The molecule has 0 spiro atoms. The number of hydrogen-bond donors (Lipinski definition) is 1. The number of pyridine rings is 1. The van der Waals surface area contributed by atoms with Gasteiger partial charge in [0.2, 0.25) is 5.69 Å². The maximum atomic E-state index is 13.5. The quantitative estimate of drug-likeness (QED) is 0.344. The summed E-state index contributed by atoms with van der Waals surface area (Å²) in [6.07, 6.45) is 2.53. The second-order valence-electron chi connectivity index (χ2n) is 14.6. The molecule has 2 aliphatic rings. The molecule has 1 saturated heterocycles. The molecule has 1 aromatic carbocycles. The molecule has 250 valence electrons. The van der Waals surface area contributed by atoms with Crippen molar-refractivity contribution >= 4 is 34.8 Å². The standard InChI is InChI=1S/C35H43N5O7/c1-33(2,3)46-31(42)39-12-13-45-20-28(39)24-15-22(14-21-10-11-38(18-26(21)24)30(41)35(7,8)44)23-16-25-27(36-9)19-40(29(25)37-17-23)32(43)47-34(4,5)6/h14-17,19,28,44H,10-13,18,20H2,1-8H3/t28-/m0/s1. The first-order valence-electron chi connectivity index (χ1n) is 15.7. The third-order valence-electron chi connectivity index (χ3n) is 7.97. The van der Waals surface area contributed by atoms with E-state index in [-0.39, 0.29) is 24.7 Å². The summed E-state index contributed by atoms with van der Waals surface area (Å²) in [5, 5.41) is 11.0. The number of carbonyl (C=O) groups excluding carboxylic acids is 3. The molecule has 2 amide bonds. The molecule has 5 rings (SSSR count). The highest BCUT2D eigenvalue weighted by molar-refractivity contribution is 5.98. The Morgan fingerprint density at radius 3 is 2.30 bits per heavy atom. The summed E-state index contributed by atoms with van der Waals surface area (Å²) in [5.41, 5.74) is 1.79. The number of aliphatic hydroxyl groups is 1. The van der Waals surface area contributed by atoms with Gasteiger partial charge in [0.15, 0.2) is 0 Å². The number of rotatable bonds is 3. The van der Waals surface area contributed by atoms with Crippen LogP contribution in [-0.2, 0) is 32.0 Å². The predicted molar refractivity (Wildman–Crippen MR) is 175 cm³/mol. The highest BCUT2D eigenvalue weighted by Crippen LogP contribution is 2.39. The molecule has 0 unspecified atom stereocenters. The number of nitrogens with zero attached hydrogens (tertiary/aromatic N) is 5. The number of aromatic nitrogens is 2. The number of ether oxygens (including phenoxy) is 3.